The number of nitrogens with zero attached hydrogens (tertiary/aromatic N) is 1. The topological polar surface area (TPSA) is 22.1 Å². The normalized spacial score (nSPS) is 10.6. The minimum atomic E-state index is 0.770. The molecule has 0 radical (unpaired) electrons. The molecule has 0 spiro atoms. The monoisotopic (exact) mass is 331 g/mol. The summed E-state index contributed by atoms with van der Waals surface area (Å²) in [5.41, 5.74) is 2.99. The minimum Gasteiger partial charge on any atom is -0.496 e. The van der Waals surface area contributed by atoms with Gasteiger partial charge in [-0.2, -0.15) is 0 Å². The van der Waals surface area contributed by atoms with Crippen LogP contribution in [0.3, 0.4) is 0 Å². The van der Waals surface area contributed by atoms with Gasteiger partial charge >= 0.3 is 0 Å². The van der Waals surface area contributed by atoms with E-state index in [1.807, 2.05) is 25.3 Å². The van der Waals surface area contributed by atoms with Gasteiger partial charge in [-0.1, -0.05) is 11.6 Å². The van der Waals surface area contributed by atoms with Gasteiger partial charge in [0.05, 0.1) is 12.7 Å². The maximum absolute atomic E-state index is 6.28. The minimum absolute atomic E-state index is 0.770. The Labute approximate surface area is 118 Å². The van der Waals surface area contributed by atoms with E-state index in [0.717, 1.165) is 37.1 Å². The highest BCUT2D eigenvalue weighted by atomic mass is 79.9. The van der Waals surface area contributed by atoms with E-state index < -0.39 is 0 Å². The molecule has 90 valence electrons. The number of ether oxygens (including phenoxy) is 1. The summed E-state index contributed by atoms with van der Waals surface area (Å²) in [6.45, 7) is 3.96. The van der Waals surface area contributed by atoms with E-state index in [2.05, 4.69) is 20.9 Å². The van der Waals surface area contributed by atoms with Gasteiger partial charge in [-0.25, -0.2) is 4.98 Å². The van der Waals surface area contributed by atoms with Gasteiger partial charge in [-0.05, 0) is 47.0 Å². The largest absolute Gasteiger partial charge is 0.496 e. The maximum atomic E-state index is 6.28. The van der Waals surface area contributed by atoms with Crippen LogP contribution in [0.25, 0.3) is 10.6 Å². The molecule has 0 atom stereocenters. The molecule has 1 aromatic carbocycles. The summed E-state index contributed by atoms with van der Waals surface area (Å²) in [5, 5.41) is 3.63. The first kappa shape index (κ1) is 12.9. The van der Waals surface area contributed by atoms with E-state index in [1.165, 1.54) is 0 Å². The first-order valence-electron chi connectivity index (χ1n) is 4.99. The number of halogens is 2. The third-order valence-electron chi connectivity index (χ3n) is 2.55. The highest BCUT2D eigenvalue weighted by molar-refractivity contribution is 9.10. The average Bonchev–Trinajstić information content (AvgIpc) is 2.71. The molecule has 0 aliphatic carbocycles. The standard InChI is InChI=1S/C12H11BrClNOS/c1-6-4-8(16-3)10(7(2)11(6)14)12-15-9(13)5-17-12/h4-5H,1-3H3. The van der Waals surface area contributed by atoms with Crippen molar-refractivity contribution in [3.8, 4) is 16.3 Å². The van der Waals surface area contributed by atoms with Crippen LogP contribution in [0, 0.1) is 13.8 Å². The molecule has 0 unspecified atom stereocenters. The molecule has 0 aliphatic heterocycles. The lowest BCUT2D eigenvalue weighted by molar-refractivity contribution is 0.416. The van der Waals surface area contributed by atoms with E-state index in [9.17, 15) is 0 Å². The molecule has 2 aromatic rings. The Morgan fingerprint density at radius 3 is 2.65 bits per heavy atom. The third kappa shape index (κ3) is 2.34. The van der Waals surface area contributed by atoms with Crippen molar-refractivity contribution < 1.29 is 4.74 Å². The van der Waals surface area contributed by atoms with Crippen LogP contribution in [0.5, 0.6) is 5.75 Å². The fraction of sp³-hybridized carbons (Fsp3) is 0.250. The van der Waals surface area contributed by atoms with Crippen LogP contribution >= 0.6 is 38.9 Å². The van der Waals surface area contributed by atoms with Gasteiger partial charge in [-0.15, -0.1) is 11.3 Å². The Morgan fingerprint density at radius 1 is 1.41 bits per heavy atom. The van der Waals surface area contributed by atoms with Crippen LogP contribution in [-0.4, -0.2) is 12.1 Å². The predicted octanol–water partition coefficient (Wildman–Crippen LogP) is 4.85. The molecule has 0 bridgehead atoms. The number of hydrogen-bond acceptors (Lipinski definition) is 3. The van der Waals surface area contributed by atoms with E-state index >= 15 is 0 Å². The fourth-order valence-electron chi connectivity index (χ4n) is 1.72. The second kappa shape index (κ2) is 4.96. The van der Waals surface area contributed by atoms with Crippen LogP contribution in [-0.2, 0) is 0 Å². The molecular formula is C12H11BrClNOS. The van der Waals surface area contributed by atoms with E-state index in [4.69, 9.17) is 16.3 Å². The lowest BCUT2D eigenvalue weighted by atomic mass is 10.0. The van der Waals surface area contributed by atoms with Gasteiger partial charge < -0.3 is 4.74 Å². The number of thiazole rings is 1. The van der Waals surface area contributed by atoms with Crippen molar-refractivity contribution in [1.82, 2.24) is 4.98 Å². The molecule has 0 N–H and O–H groups in total. The number of rotatable bonds is 2. The van der Waals surface area contributed by atoms with Crippen LogP contribution in [0.15, 0.2) is 16.0 Å². The summed E-state index contributed by atoms with van der Waals surface area (Å²) in [4.78, 5) is 4.42. The number of hydrogen-bond donors (Lipinski definition) is 0. The SMILES string of the molecule is COc1cc(C)c(Cl)c(C)c1-c1nc(Br)cs1. The molecule has 2 rings (SSSR count). The highest BCUT2D eigenvalue weighted by Gasteiger charge is 2.16. The summed E-state index contributed by atoms with van der Waals surface area (Å²) >= 11 is 11.2. The van der Waals surface area contributed by atoms with Crippen molar-refractivity contribution in [2.24, 2.45) is 0 Å². The van der Waals surface area contributed by atoms with Crippen molar-refractivity contribution in [3.05, 3.63) is 32.2 Å². The zero-order valence-electron chi connectivity index (χ0n) is 9.67. The highest BCUT2D eigenvalue weighted by Crippen LogP contribution is 2.40. The zero-order valence-corrected chi connectivity index (χ0v) is 12.8. The Bertz CT molecular complexity index is 568. The Hall–Kier alpha value is -0.580. The summed E-state index contributed by atoms with van der Waals surface area (Å²) in [6, 6.07) is 1.94. The maximum Gasteiger partial charge on any atom is 0.129 e. The first-order chi connectivity index (χ1) is 8.04. The van der Waals surface area contributed by atoms with Gasteiger partial charge in [0.25, 0.3) is 0 Å². The molecule has 17 heavy (non-hydrogen) atoms. The molecule has 5 heteroatoms. The second-order valence-electron chi connectivity index (χ2n) is 3.69. The summed E-state index contributed by atoms with van der Waals surface area (Å²) in [6.07, 6.45) is 0. The molecular weight excluding hydrogens is 322 g/mol. The summed E-state index contributed by atoms with van der Waals surface area (Å²) in [5.74, 6) is 0.811. The molecule has 0 aliphatic rings. The van der Waals surface area contributed by atoms with Crippen molar-refractivity contribution in [2.45, 2.75) is 13.8 Å². The number of benzene rings is 1. The lowest BCUT2D eigenvalue weighted by Gasteiger charge is -2.13. The Balaban J connectivity index is 2.71. The van der Waals surface area contributed by atoms with E-state index in [0.29, 0.717) is 0 Å². The quantitative estimate of drug-likeness (QED) is 0.784. The van der Waals surface area contributed by atoms with Gasteiger partial charge in [0, 0.05) is 10.4 Å². The molecule has 1 heterocycles. The molecule has 0 fully saturated rings. The zero-order chi connectivity index (χ0) is 12.6. The Kier molecular flexibility index (Phi) is 3.76. The van der Waals surface area contributed by atoms with Crippen molar-refractivity contribution in [2.75, 3.05) is 7.11 Å². The van der Waals surface area contributed by atoms with Crippen molar-refractivity contribution in [1.29, 1.82) is 0 Å². The van der Waals surface area contributed by atoms with Crippen LogP contribution in [0.1, 0.15) is 11.1 Å². The molecule has 2 nitrogen and oxygen atoms in total. The van der Waals surface area contributed by atoms with Crippen LogP contribution in [0.4, 0.5) is 0 Å². The Morgan fingerprint density at radius 2 is 2.12 bits per heavy atom. The van der Waals surface area contributed by atoms with Crippen LogP contribution in [0.2, 0.25) is 5.02 Å². The van der Waals surface area contributed by atoms with Gasteiger partial charge in [0.1, 0.15) is 15.4 Å². The van der Waals surface area contributed by atoms with Gasteiger partial charge in [0.2, 0.25) is 0 Å². The van der Waals surface area contributed by atoms with Gasteiger partial charge in [0.15, 0.2) is 0 Å². The summed E-state index contributed by atoms with van der Waals surface area (Å²) in [7, 11) is 1.66. The summed E-state index contributed by atoms with van der Waals surface area (Å²) < 4.78 is 6.25. The molecule has 1 aromatic heterocycles. The molecule has 0 saturated carbocycles. The fourth-order valence-corrected chi connectivity index (χ4v) is 3.23. The van der Waals surface area contributed by atoms with Crippen molar-refractivity contribution in [3.63, 3.8) is 0 Å². The number of methoxy groups -OCH3 is 1. The van der Waals surface area contributed by atoms with Crippen LogP contribution < -0.4 is 4.74 Å². The van der Waals surface area contributed by atoms with Gasteiger partial charge in [-0.3, -0.25) is 0 Å². The lowest BCUT2D eigenvalue weighted by Crippen LogP contribution is -1.94. The van der Waals surface area contributed by atoms with E-state index in [1.54, 1.807) is 18.4 Å². The molecule has 0 amide bonds. The van der Waals surface area contributed by atoms with Crippen molar-refractivity contribution >= 4 is 38.9 Å². The average molecular weight is 333 g/mol. The number of aryl methyl sites for hydroxylation is 1. The first-order valence-corrected chi connectivity index (χ1v) is 7.04. The third-order valence-corrected chi connectivity index (χ3v) is 4.71. The predicted molar refractivity (Wildman–Crippen MR) is 76.3 cm³/mol. The second-order valence-corrected chi connectivity index (χ2v) is 5.73. The van der Waals surface area contributed by atoms with E-state index in [-0.39, 0.29) is 0 Å². The molecule has 0 saturated heterocycles. The smallest absolute Gasteiger partial charge is 0.129 e. The number of aromatic nitrogens is 1.